The minimum Gasteiger partial charge on any atom is -0.484 e. The zero-order chi connectivity index (χ0) is 22.1. The number of aryl methyl sites for hydroxylation is 2. The van der Waals surface area contributed by atoms with Gasteiger partial charge in [-0.15, -0.1) is 0 Å². The van der Waals surface area contributed by atoms with E-state index in [0.29, 0.717) is 37.7 Å². The number of benzene rings is 2. The number of carbonyl (C=O) groups excluding carboxylic acids is 2. The quantitative estimate of drug-likeness (QED) is 0.652. The first-order valence-electron chi connectivity index (χ1n) is 11.1. The smallest absolute Gasteiger partial charge is 0.260 e. The van der Waals surface area contributed by atoms with Crippen LogP contribution in [-0.4, -0.2) is 61.0 Å². The van der Waals surface area contributed by atoms with Crippen molar-refractivity contribution in [1.82, 2.24) is 9.80 Å². The van der Waals surface area contributed by atoms with Crippen LogP contribution in [0.15, 0.2) is 48.5 Å². The van der Waals surface area contributed by atoms with E-state index in [0.717, 1.165) is 19.3 Å². The average molecular weight is 425 g/mol. The van der Waals surface area contributed by atoms with E-state index in [-0.39, 0.29) is 25.0 Å². The van der Waals surface area contributed by atoms with Crippen LogP contribution in [0.2, 0.25) is 0 Å². The topological polar surface area (TPSA) is 59.1 Å². The van der Waals surface area contributed by atoms with Crippen LogP contribution in [-0.2, 0) is 22.4 Å². The highest BCUT2D eigenvalue weighted by atomic mass is 16.5. The molecule has 6 nitrogen and oxygen atoms in total. The fourth-order valence-electron chi connectivity index (χ4n) is 3.60. The van der Waals surface area contributed by atoms with Crippen LogP contribution in [0.1, 0.15) is 31.4 Å². The van der Waals surface area contributed by atoms with Crippen molar-refractivity contribution in [2.24, 2.45) is 0 Å². The van der Waals surface area contributed by atoms with Gasteiger partial charge in [-0.3, -0.25) is 9.59 Å². The minimum absolute atomic E-state index is 0.0119. The number of rotatable bonds is 8. The standard InChI is InChI=1S/C25H32N2O4/c1-3-20-8-5-10-22(16-20)30-18-24(28)26-12-7-13-27(15-14-26)25(29)19-31-23-11-6-9-21(4-2)17-23/h5-6,8-11,16-17H,3-4,7,12-15,18-19H2,1-2H3. The number of amides is 2. The lowest BCUT2D eigenvalue weighted by Gasteiger charge is -2.22. The third kappa shape index (κ3) is 6.74. The summed E-state index contributed by atoms with van der Waals surface area (Å²) in [5.41, 5.74) is 2.36. The van der Waals surface area contributed by atoms with Crippen molar-refractivity contribution in [2.75, 3.05) is 39.4 Å². The van der Waals surface area contributed by atoms with Gasteiger partial charge in [-0.2, -0.15) is 0 Å². The van der Waals surface area contributed by atoms with E-state index in [4.69, 9.17) is 9.47 Å². The number of nitrogens with zero attached hydrogens (tertiary/aromatic N) is 2. The van der Waals surface area contributed by atoms with Crippen molar-refractivity contribution < 1.29 is 19.1 Å². The average Bonchev–Trinajstić information content (AvgIpc) is 3.08. The molecule has 0 unspecified atom stereocenters. The molecule has 0 spiro atoms. The normalized spacial score (nSPS) is 14.1. The summed E-state index contributed by atoms with van der Waals surface area (Å²) in [4.78, 5) is 28.8. The Morgan fingerprint density at radius 1 is 0.742 bits per heavy atom. The van der Waals surface area contributed by atoms with E-state index in [1.54, 1.807) is 9.80 Å². The lowest BCUT2D eigenvalue weighted by molar-refractivity contribution is -0.135. The fraction of sp³-hybridized carbons (Fsp3) is 0.440. The van der Waals surface area contributed by atoms with Crippen molar-refractivity contribution in [3.05, 3.63) is 59.7 Å². The number of hydrogen-bond donors (Lipinski definition) is 0. The van der Waals surface area contributed by atoms with Gasteiger partial charge in [0.1, 0.15) is 11.5 Å². The van der Waals surface area contributed by atoms with Gasteiger partial charge < -0.3 is 19.3 Å². The Labute approximate surface area is 184 Å². The molecule has 0 aromatic heterocycles. The highest BCUT2D eigenvalue weighted by molar-refractivity contribution is 5.79. The molecule has 31 heavy (non-hydrogen) atoms. The Hall–Kier alpha value is -3.02. The molecular formula is C25H32N2O4. The second-order valence-electron chi connectivity index (χ2n) is 7.69. The summed E-state index contributed by atoms with van der Waals surface area (Å²) in [5, 5.41) is 0. The predicted molar refractivity (Wildman–Crippen MR) is 120 cm³/mol. The molecule has 1 aliphatic rings. The molecular weight excluding hydrogens is 392 g/mol. The number of hydrogen-bond acceptors (Lipinski definition) is 4. The minimum atomic E-state index is -0.0520. The molecule has 0 aliphatic carbocycles. The molecule has 1 fully saturated rings. The maximum Gasteiger partial charge on any atom is 0.260 e. The summed E-state index contributed by atoms with van der Waals surface area (Å²) in [6.07, 6.45) is 2.60. The summed E-state index contributed by atoms with van der Waals surface area (Å²) < 4.78 is 11.4. The fourth-order valence-corrected chi connectivity index (χ4v) is 3.60. The molecule has 0 N–H and O–H groups in total. The largest absolute Gasteiger partial charge is 0.484 e. The van der Waals surface area contributed by atoms with E-state index in [1.165, 1.54) is 11.1 Å². The molecule has 2 aromatic carbocycles. The van der Waals surface area contributed by atoms with Gasteiger partial charge in [0.15, 0.2) is 13.2 Å². The maximum atomic E-state index is 12.6. The van der Waals surface area contributed by atoms with E-state index >= 15 is 0 Å². The molecule has 3 rings (SSSR count). The van der Waals surface area contributed by atoms with Crippen LogP contribution in [0.4, 0.5) is 0 Å². The zero-order valence-electron chi connectivity index (χ0n) is 18.5. The summed E-state index contributed by atoms with van der Waals surface area (Å²) in [6.45, 7) is 6.46. The summed E-state index contributed by atoms with van der Waals surface area (Å²) in [5.74, 6) is 1.32. The molecule has 1 saturated heterocycles. The summed E-state index contributed by atoms with van der Waals surface area (Å²) >= 11 is 0. The van der Waals surface area contributed by atoms with Crippen LogP contribution in [0.3, 0.4) is 0 Å². The Morgan fingerprint density at radius 2 is 1.19 bits per heavy atom. The Bertz CT molecular complexity index is 812. The highest BCUT2D eigenvalue weighted by Crippen LogP contribution is 2.15. The maximum absolute atomic E-state index is 12.6. The van der Waals surface area contributed by atoms with E-state index < -0.39 is 0 Å². The van der Waals surface area contributed by atoms with Gasteiger partial charge in [-0.1, -0.05) is 38.1 Å². The van der Waals surface area contributed by atoms with Crippen LogP contribution < -0.4 is 9.47 Å². The predicted octanol–water partition coefficient (Wildman–Crippen LogP) is 3.33. The molecule has 2 aromatic rings. The van der Waals surface area contributed by atoms with E-state index in [2.05, 4.69) is 13.8 Å². The first-order valence-corrected chi connectivity index (χ1v) is 11.1. The third-order valence-corrected chi connectivity index (χ3v) is 5.54. The molecule has 2 amide bonds. The second kappa shape index (κ2) is 11.4. The van der Waals surface area contributed by atoms with Gasteiger partial charge in [0.05, 0.1) is 0 Å². The van der Waals surface area contributed by atoms with Gasteiger partial charge in [0, 0.05) is 26.2 Å². The van der Waals surface area contributed by atoms with Gasteiger partial charge in [-0.05, 0) is 54.7 Å². The van der Waals surface area contributed by atoms with Crippen molar-refractivity contribution in [3.8, 4) is 11.5 Å². The lowest BCUT2D eigenvalue weighted by Crippen LogP contribution is -2.40. The second-order valence-corrected chi connectivity index (χ2v) is 7.69. The number of ether oxygens (including phenoxy) is 2. The molecule has 0 radical (unpaired) electrons. The molecule has 166 valence electrons. The van der Waals surface area contributed by atoms with Crippen molar-refractivity contribution >= 4 is 11.8 Å². The molecule has 6 heteroatoms. The monoisotopic (exact) mass is 424 g/mol. The van der Waals surface area contributed by atoms with Gasteiger partial charge in [0.2, 0.25) is 0 Å². The van der Waals surface area contributed by atoms with Crippen LogP contribution in [0.5, 0.6) is 11.5 Å². The highest BCUT2D eigenvalue weighted by Gasteiger charge is 2.22. The molecule has 0 atom stereocenters. The van der Waals surface area contributed by atoms with Gasteiger partial charge in [0.25, 0.3) is 11.8 Å². The Balaban J connectivity index is 1.45. The first-order chi connectivity index (χ1) is 15.1. The lowest BCUT2D eigenvalue weighted by atomic mass is 10.2. The van der Waals surface area contributed by atoms with Crippen molar-refractivity contribution in [3.63, 3.8) is 0 Å². The molecule has 0 saturated carbocycles. The van der Waals surface area contributed by atoms with Crippen molar-refractivity contribution in [1.29, 1.82) is 0 Å². The SMILES string of the molecule is CCc1cccc(OCC(=O)N2CCCN(C(=O)COc3cccc(CC)c3)CC2)c1. The molecule has 1 heterocycles. The van der Waals surface area contributed by atoms with E-state index in [1.807, 2.05) is 48.5 Å². The Morgan fingerprint density at radius 3 is 1.61 bits per heavy atom. The van der Waals surface area contributed by atoms with Crippen LogP contribution in [0.25, 0.3) is 0 Å². The van der Waals surface area contributed by atoms with Crippen LogP contribution in [0, 0.1) is 0 Å². The summed E-state index contributed by atoms with van der Waals surface area (Å²) in [7, 11) is 0. The number of carbonyl (C=O) groups is 2. The molecule has 1 aliphatic heterocycles. The Kier molecular flexibility index (Phi) is 8.33. The third-order valence-electron chi connectivity index (χ3n) is 5.54. The van der Waals surface area contributed by atoms with Gasteiger partial charge in [-0.25, -0.2) is 0 Å². The zero-order valence-corrected chi connectivity index (χ0v) is 18.5. The van der Waals surface area contributed by atoms with E-state index in [9.17, 15) is 9.59 Å². The summed E-state index contributed by atoms with van der Waals surface area (Å²) in [6, 6.07) is 15.6. The van der Waals surface area contributed by atoms with Crippen LogP contribution >= 0.6 is 0 Å². The first kappa shape index (κ1) is 22.7. The van der Waals surface area contributed by atoms with Gasteiger partial charge >= 0.3 is 0 Å². The van der Waals surface area contributed by atoms with Crippen molar-refractivity contribution in [2.45, 2.75) is 33.1 Å². The molecule has 0 bridgehead atoms.